The molecule has 0 radical (unpaired) electrons. The molecule has 4 nitrogen and oxygen atoms in total. The van der Waals surface area contributed by atoms with E-state index in [1.807, 2.05) is 49.4 Å². The van der Waals surface area contributed by atoms with E-state index in [0.29, 0.717) is 21.4 Å². The molecule has 1 aliphatic rings. The molecule has 0 fully saturated rings. The van der Waals surface area contributed by atoms with Gasteiger partial charge in [-0.15, -0.1) is 11.3 Å². The number of thioether (sulfide) groups is 1. The van der Waals surface area contributed by atoms with Crippen LogP contribution in [-0.2, 0) is 12.8 Å². The molecule has 0 bridgehead atoms. The minimum absolute atomic E-state index is 0.0121. The van der Waals surface area contributed by atoms with Crippen molar-refractivity contribution in [3.8, 4) is 5.69 Å². The number of rotatable bonds is 5. The van der Waals surface area contributed by atoms with Gasteiger partial charge in [-0.3, -0.25) is 14.2 Å². The molecule has 0 aliphatic heterocycles. The van der Waals surface area contributed by atoms with E-state index in [0.717, 1.165) is 41.5 Å². The van der Waals surface area contributed by atoms with Gasteiger partial charge in [0.15, 0.2) is 10.9 Å². The molecule has 1 unspecified atom stereocenters. The minimum atomic E-state index is -0.394. The second kappa shape index (κ2) is 8.85. The number of ketones is 1. The number of Topliss-reactive ketones (excluding diaryl/α,β-unsaturated/α-hetero) is 1. The Labute approximate surface area is 199 Å². The molecule has 0 N–H and O–H groups in total. The average Bonchev–Trinajstić information content (AvgIpc) is 3.19. The quantitative estimate of drug-likeness (QED) is 0.190. The number of benzene rings is 2. The molecule has 2 heterocycles. The molecule has 32 heavy (non-hydrogen) atoms. The van der Waals surface area contributed by atoms with Crippen LogP contribution in [-0.4, -0.2) is 20.6 Å². The highest BCUT2D eigenvalue weighted by Gasteiger charge is 2.25. The molecule has 2 aromatic carbocycles. The highest BCUT2D eigenvalue weighted by atomic mass is 35.5. The lowest BCUT2D eigenvalue weighted by molar-refractivity contribution is 0.0994. The minimum Gasteiger partial charge on any atom is -0.293 e. The summed E-state index contributed by atoms with van der Waals surface area (Å²) in [4.78, 5) is 33.7. The summed E-state index contributed by atoms with van der Waals surface area (Å²) in [5.41, 5.74) is 2.44. The topological polar surface area (TPSA) is 52.0 Å². The van der Waals surface area contributed by atoms with E-state index in [9.17, 15) is 9.59 Å². The highest BCUT2D eigenvalue weighted by Crippen LogP contribution is 2.36. The smallest absolute Gasteiger partial charge is 0.267 e. The van der Waals surface area contributed by atoms with E-state index < -0.39 is 5.25 Å². The van der Waals surface area contributed by atoms with E-state index >= 15 is 0 Å². The van der Waals surface area contributed by atoms with Gasteiger partial charge < -0.3 is 0 Å². The van der Waals surface area contributed by atoms with Crippen LogP contribution in [0.25, 0.3) is 15.9 Å². The predicted octanol–water partition coefficient (Wildman–Crippen LogP) is 6.34. The number of fused-ring (bicyclic) bond motifs is 3. The first-order valence-electron chi connectivity index (χ1n) is 10.6. The molecule has 0 saturated heterocycles. The zero-order valence-electron chi connectivity index (χ0n) is 17.5. The van der Waals surface area contributed by atoms with Gasteiger partial charge in [0.2, 0.25) is 0 Å². The van der Waals surface area contributed by atoms with Crippen molar-refractivity contribution in [2.24, 2.45) is 0 Å². The Morgan fingerprint density at radius 2 is 1.81 bits per heavy atom. The van der Waals surface area contributed by atoms with E-state index in [-0.39, 0.29) is 11.3 Å². The first-order chi connectivity index (χ1) is 15.5. The number of hydrogen-bond acceptors (Lipinski definition) is 5. The lowest BCUT2D eigenvalue weighted by Crippen LogP contribution is -2.24. The summed E-state index contributed by atoms with van der Waals surface area (Å²) in [6.07, 6.45) is 4.16. The molecular weight excluding hydrogens is 460 g/mol. The fourth-order valence-corrected chi connectivity index (χ4v) is 6.56. The molecule has 5 rings (SSSR count). The Morgan fingerprint density at radius 1 is 1.09 bits per heavy atom. The van der Waals surface area contributed by atoms with Crippen molar-refractivity contribution >= 4 is 50.7 Å². The lowest BCUT2D eigenvalue weighted by atomic mass is 9.97. The van der Waals surface area contributed by atoms with Gasteiger partial charge in [-0.1, -0.05) is 53.7 Å². The molecule has 0 amide bonds. The monoisotopic (exact) mass is 480 g/mol. The zero-order chi connectivity index (χ0) is 22.2. The van der Waals surface area contributed by atoms with Gasteiger partial charge in [0.05, 0.1) is 16.3 Å². The van der Waals surface area contributed by atoms with Crippen molar-refractivity contribution in [2.75, 3.05) is 0 Å². The summed E-state index contributed by atoms with van der Waals surface area (Å²) in [5.74, 6) is 0.0121. The summed E-state index contributed by atoms with van der Waals surface area (Å²) in [6, 6.07) is 16.4. The van der Waals surface area contributed by atoms with Crippen LogP contribution in [0, 0.1) is 0 Å². The first kappa shape index (κ1) is 21.4. The third kappa shape index (κ3) is 3.91. The number of aromatic nitrogens is 2. The summed E-state index contributed by atoms with van der Waals surface area (Å²) in [7, 11) is 0. The number of nitrogens with zero attached hydrogens (tertiary/aromatic N) is 2. The number of aryl methyl sites for hydroxylation is 2. The van der Waals surface area contributed by atoms with Gasteiger partial charge in [0.25, 0.3) is 5.56 Å². The summed E-state index contributed by atoms with van der Waals surface area (Å²) in [6.45, 7) is 1.86. The lowest BCUT2D eigenvalue weighted by Gasteiger charge is -2.16. The van der Waals surface area contributed by atoms with Crippen LogP contribution in [0.1, 0.15) is 40.6 Å². The van der Waals surface area contributed by atoms with Crippen molar-refractivity contribution in [3.05, 3.63) is 86.0 Å². The van der Waals surface area contributed by atoms with Crippen molar-refractivity contribution < 1.29 is 4.79 Å². The van der Waals surface area contributed by atoms with Crippen molar-refractivity contribution in [1.29, 1.82) is 0 Å². The Hall–Kier alpha value is -2.41. The van der Waals surface area contributed by atoms with Gasteiger partial charge in [-0.25, -0.2) is 4.98 Å². The molecule has 1 atom stereocenters. The average molecular weight is 481 g/mol. The molecule has 1 aliphatic carbocycles. The van der Waals surface area contributed by atoms with Crippen LogP contribution in [0.3, 0.4) is 0 Å². The molecule has 4 aromatic rings. The SMILES string of the molecule is CC(Sc1nc2sc3c(c2c(=O)n1-c1ccc(Cl)cc1)CCCC3)C(=O)c1ccccc1. The Kier molecular flexibility index (Phi) is 5.93. The van der Waals surface area contributed by atoms with E-state index in [4.69, 9.17) is 16.6 Å². The maximum absolute atomic E-state index is 13.8. The van der Waals surface area contributed by atoms with Crippen LogP contribution in [0.4, 0.5) is 0 Å². The number of halogens is 1. The summed E-state index contributed by atoms with van der Waals surface area (Å²) >= 11 is 9.04. The fourth-order valence-electron chi connectivity index (χ4n) is 4.13. The number of carbonyl (C=O) groups is 1. The molecular formula is C25H21ClN2O2S2. The molecule has 2 aromatic heterocycles. The molecule has 0 saturated carbocycles. The second-order valence-corrected chi connectivity index (χ2v) is 10.7. The van der Waals surface area contributed by atoms with Crippen molar-refractivity contribution in [2.45, 2.75) is 43.0 Å². The van der Waals surface area contributed by atoms with Gasteiger partial charge in [0.1, 0.15) is 4.83 Å². The second-order valence-electron chi connectivity index (χ2n) is 7.89. The zero-order valence-corrected chi connectivity index (χ0v) is 19.9. The van der Waals surface area contributed by atoms with E-state index in [1.54, 1.807) is 28.0 Å². The first-order valence-corrected chi connectivity index (χ1v) is 12.7. The third-order valence-electron chi connectivity index (χ3n) is 5.75. The molecule has 162 valence electrons. The Bertz CT molecular complexity index is 1360. The molecule has 0 spiro atoms. The number of hydrogen-bond donors (Lipinski definition) is 0. The Balaban J connectivity index is 1.65. The standard InChI is InChI=1S/C25H21ClN2O2S2/c1-15(22(29)16-7-3-2-4-8-16)31-25-27-23-21(19-9-5-6-10-20(19)32-23)24(30)28(25)18-13-11-17(26)12-14-18/h2-4,7-8,11-15H,5-6,9-10H2,1H3. The summed E-state index contributed by atoms with van der Waals surface area (Å²) < 4.78 is 1.64. The van der Waals surface area contributed by atoms with E-state index in [1.165, 1.54) is 16.6 Å². The highest BCUT2D eigenvalue weighted by molar-refractivity contribution is 8.00. The maximum atomic E-state index is 13.8. The molecule has 7 heteroatoms. The number of thiophene rings is 1. The summed E-state index contributed by atoms with van der Waals surface area (Å²) in [5, 5.41) is 1.46. The van der Waals surface area contributed by atoms with Crippen LogP contribution in [0.5, 0.6) is 0 Å². The van der Waals surface area contributed by atoms with Crippen LogP contribution in [0.15, 0.2) is 64.5 Å². The van der Waals surface area contributed by atoms with E-state index in [2.05, 4.69) is 0 Å². The predicted molar refractivity (Wildman–Crippen MR) is 133 cm³/mol. The number of carbonyl (C=O) groups excluding carboxylic acids is 1. The van der Waals surface area contributed by atoms with Crippen LogP contribution >= 0.6 is 34.7 Å². The van der Waals surface area contributed by atoms with Gasteiger partial charge in [-0.2, -0.15) is 0 Å². The van der Waals surface area contributed by atoms with Crippen LogP contribution in [0.2, 0.25) is 5.02 Å². The van der Waals surface area contributed by atoms with Gasteiger partial charge in [-0.05, 0) is 62.4 Å². The van der Waals surface area contributed by atoms with Crippen molar-refractivity contribution in [3.63, 3.8) is 0 Å². The maximum Gasteiger partial charge on any atom is 0.267 e. The van der Waals surface area contributed by atoms with Gasteiger partial charge >= 0.3 is 0 Å². The normalized spacial score (nSPS) is 14.3. The van der Waals surface area contributed by atoms with Crippen molar-refractivity contribution in [1.82, 2.24) is 9.55 Å². The fraction of sp³-hybridized carbons (Fsp3) is 0.240. The van der Waals surface area contributed by atoms with Gasteiger partial charge in [0, 0.05) is 15.5 Å². The Morgan fingerprint density at radius 3 is 2.56 bits per heavy atom. The third-order valence-corrected chi connectivity index (χ3v) is 8.24. The van der Waals surface area contributed by atoms with Crippen LogP contribution < -0.4 is 5.56 Å². The largest absolute Gasteiger partial charge is 0.293 e.